The van der Waals surface area contributed by atoms with Crippen LogP contribution in [0.25, 0.3) is 0 Å². The molecule has 13 nitrogen and oxygen atoms in total. The van der Waals surface area contributed by atoms with Crippen LogP contribution in [0.1, 0.15) is 40.5 Å². The summed E-state index contributed by atoms with van der Waals surface area (Å²) in [6.07, 6.45) is 2.51. The molecule has 0 aromatic rings. The van der Waals surface area contributed by atoms with E-state index in [1.54, 1.807) is 0 Å². The summed E-state index contributed by atoms with van der Waals surface area (Å²) in [7, 11) is 0. The van der Waals surface area contributed by atoms with Crippen LogP contribution < -0.4 is 5.32 Å². The molecule has 5 aliphatic rings. The highest BCUT2D eigenvalue weighted by Crippen LogP contribution is 2.34. The van der Waals surface area contributed by atoms with Crippen LogP contribution in [-0.4, -0.2) is 135 Å². The number of nitrogens with one attached hydrogen (secondary N) is 1. The summed E-state index contributed by atoms with van der Waals surface area (Å²) in [5.41, 5.74) is 1.51. The normalized spacial score (nSPS) is 22.9. The van der Waals surface area contributed by atoms with Crippen LogP contribution in [0.3, 0.4) is 0 Å². The molecule has 3 N–H and O–H groups in total. The molecule has 0 amide bonds. The fraction of sp³-hybridized carbons (Fsp3) is 0.667. The lowest BCUT2D eigenvalue weighted by Crippen LogP contribution is -2.60. The molecular formula is C27H39N5O8. The van der Waals surface area contributed by atoms with Crippen molar-refractivity contribution >= 4 is 29.5 Å². The van der Waals surface area contributed by atoms with Crippen molar-refractivity contribution in [2.24, 2.45) is 0 Å². The standard InChI is InChI=1S/C15H26N2O6.C12H13N3O2/c1-14(2)5-10(6-15(3,4)16-14)23-13(22)9-17(7-11(18)19)8-12(20)21;16-9-7-8(13-1-2-13)12(17)11(15-5-6-15)10(9)14-3-4-14/h10,16H,5-9H2,1-4H3,(H,18,19)(H,20,21);7H,1-6H2. The fourth-order valence-electron chi connectivity index (χ4n) is 5.54. The smallest absolute Gasteiger partial charge is 0.320 e. The minimum absolute atomic E-state index is 0.00546. The molecule has 13 heteroatoms. The number of allylic oxidation sites excluding steroid dienone is 1. The molecule has 0 atom stereocenters. The molecule has 4 heterocycles. The highest BCUT2D eigenvalue weighted by Gasteiger charge is 2.43. The Hall–Kier alpha value is -3.45. The summed E-state index contributed by atoms with van der Waals surface area (Å²) < 4.78 is 5.45. The maximum atomic E-state index is 12.4. The van der Waals surface area contributed by atoms with Crippen LogP contribution in [0.4, 0.5) is 0 Å². The minimum atomic E-state index is -1.19. The van der Waals surface area contributed by atoms with Gasteiger partial charge in [-0.1, -0.05) is 0 Å². The van der Waals surface area contributed by atoms with Crippen molar-refractivity contribution in [3.05, 3.63) is 23.2 Å². The van der Waals surface area contributed by atoms with Crippen LogP contribution in [0.15, 0.2) is 23.2 Å². The maximum absolute atomic E-state index is 12.4. The van der Waals surface area contributed by atoms with Gasteiger partial charge in [-0.25, -0.2) is 0 Å². The van der Waals surface area contributed by atoms with Crippen molar-refractivity contribution < 1.29 is 38.9 Å². The molecule has 0 bridgehead atoms. The molecule has 0 unspecified atom stereocenters. The summed E-state index contributed by atoms with van der Waals surface area (Å²) in [4.78, 5) is 65.0. The number of rotatable bonds is 10. The van der Waals surface area contributed by atoms with Crippen molar-refractivity contribution in [1.29, 1.82) is 0 Å². The van der Waals surface area contributed by atoms with Crippen LogP contribution in [0, 0.1) is 0 Å². The number of carbonyl (C=O) groups is 5. The summed E-state index contributed by atoms with van der Waals surface area (Å²) >= 11 is 0. The van der Waals surface area contributed by atoms with E-state index in [1.807, 2.05) is 42.4 Å². The molecule has 0 aromatic heterocycles. The number of carboxylic acid groups (broad SMARTS) is 2. The van der Waals surface area contributed by atoms with Gasteiger partial charge in [0.2, 0.25) is 11.6 Å². The lowest BCUT2D eigenvalue weighted by molar-refractivity contribution is -0.155. The van der Waals surface area contributed by atoms with Crippen LogP contribution in [0.2, 0.25) is 0 Å². The predicted molar refractivity (Wildman–Crippen MR) is 142 cm³/mol. The lowest BCUT2D eigenvalue weighted by Gasteiger charge is -2.46. The van der Waals surface area contributed by atoms with Gasteiger partial charge in [-0.05, 0) is 27.7 Å². The number of ketones is 2. The first-order chi connectivity index (χ1) is 18.6. The number of Topliss-reactive ketones (excluding diaryl/α,β-unsaturated/α-hetero) is 1. The second-order valence-corrected chi connectivity index (χ2v) is 12.2. The number of ether oxygens (including phenoxy) is 1. The van der Waals surface area contributed by atoms with Crippen molar-refractivity contribution in [2.75, 3.05) is 58.9 Å². The molecule has 0 spiro atoms. The average Bonchev–Trinajstić information content (AvgIpc) is 3.64. The third-order valence-electron chi connectivity index (χ3n) is 7.01. The number of esters is 1. The van der Waals surface area contributed by atoms with E-state index in [2.05, 4.69) is 5.32 Å². The Labute approximate surface area is 233 Å². The van der Waals surface area contributed by atoms with Gasteiger partial charge in [-0.15, -0.1) is 0 Å². The Morgan fingerprint density at radius 2 is 1.32 bits per heavy atom. The number of hydrogen-bond donors (Lipinski definition) is 3. The third kappa shape index (κ3) is 8.04. The molecule has 1 aliphatic carbocycles. The van der Waals surface area contributed by atoms with Gasteiger partial charge in [-0.3, -0.25) is 28.9 Å². The number of aliphatic carboxylic acids is 2. The summed E-state index contributed by atoms with van der Waals surface area (Å²) in [5, 5.41) is 21.0. The predicted octanol–water partition coefficient (Wildman–Crippen LogP) is -0.509. The van der Waals surface area contributed by atoms with E-state index < -0.39 is 31.0 Å². The average molecular weight is 562 g/mol. The van der Waals surface area contributed by atoms with E-state index >= 15 is 0 Å². The summed E-state index contributed by atoms with van der Waals surface area (Å²) in [5.74, 6) is -2.94. The molecule has 0 radical (unpaired) electrons. The monoisotopic (exact) mass is 561 g/mol. The Morgan fingerprint density at radius 3 is 1.77 bits per heavy atom. The van der Waals surface area contributed by atoms with Gasteiger partial charge in [0.1, 0.15) is 17.5 Å². The second kappa shape index (κ2) is 11.2. The second-order valence-electron chi connectivity index (χ2n) is 12.2. The Kier molecular flexibility index (Phi) is 8.27. The first-order valence-electron chi connectivity index (χ1n) is 13.6. The number of carboxylic acids is 2. The first-order valence-corrected chi connectivity index (χ1v) is 13.6. The molecule has 4 aliphatic heterocycles. The Morgan fingerprint density at radius 1 is 0.850 bits per heavy atom. The van der Waals surface area contributed by atoms with E-state index in [0.717, 1.165) is 44.2 Å². The molecule has 220 valence electrons. The molecule has 40 heavy (non-hydrogen) atoms. The number of nitrogens with zero attached hydrogens (tertiary/aromatic N) is 4. The van der Waals surface area contributed by atoms with E-state index in [9.17, 15) is 24.0 Å². The lowest BCUT2D eigenvalue weighted by atomic mass is 9.81. The van der Waals surface area contributed by atoms with E-state index in [0.29, 0.717) is 29.9 Å². The number of piperidine rings is 1. The number of hydrogen-bond acceptors (Lipinski definition) is 11. The largest absolute Gasteiger partial charge is 0.480 e. The SMILES string of the molecule is CC1(C)CC(OC(=O)CN(CC(=O)O)CC(=O)O)CC(C)(C)N1.O=C1C=C(N2CC2)C(=O)C(N2CC2)=C1N1CC1. The van der Waals surface area contributed by atoms with E-state index in [4.69, 9.17) is 14.9 Å². The van der Waals surface area contributed by atoms with Crippen molar-refractivity contribution in [3.8, 4) is 0 Å². The molecule has 0 saturated carbocycles. The highest BCUT2D eigenvalue weighted by atomic mass is 16.5. The van der Waals surface area contributed by atoms with E-state index in [-0.39, 0.29) is 35.3 Å². The van der Waals surface area contributed by atoms with Gasteiger partial charge in [0.05, 0.1) is 25.3 Å². The first kappa shape index (κ1) is 29.5. The van der Waals surface area contributed by atoms with Gasteiger partial charge in [0.25, 0.3) is 0 Å². The van der Waals surface area contributed by atoms with Crippen LogP contribution in [0.5, 0.6) is 0 Å². The van der Waals surface area contributed by atoms with Gasteiger partial charge in [0.15, 0.2) is 0 Å². The zero-order valence-electron chi connectivity index (χ0n) is 23.6. The molecule has 4 saturated heterocycles. The third-order valence-corrected chi connectivity index (χ3v) is 7.01. The van der Waals surface area contributed by atoms with Crippen molar-refractivity contribution in [2.45, 2.75) is 57.7 Å². The Bertz CT molecular complexity index is 1120. The van der Waals surface area contributed by atoms with Crippen LogP contribution in [-0.2, 0) is 28.7 Å². The Balaban J connectivity index is 0.000000191. The van der Waals surface area contributed by atoms with Gasteiger partial charge in [0, 0.05) is 69.3 Å². The molecule has 4 fully saturated rings. The van der Waals surface area contributed by atoms with E-state index in [1.165, 1.54) is 6.08 Å². The van der Waals surface area contributed by atoms with Crippen LogP contribution >= 0.6 is 0 Å². The summed E-state index contributed by atoms with van der Waals surface area (Å²) in [6.45, 7) is 12.1. The highest BCUT2D eigenvalue weighted by molar-refractivity contribution is 6.22. The van der Waals surface area contributed by atoms with Gasteiger partial charge in [-0.2, -0.15) is 0 Å². The van der Waals surface area contributed by atoms with Crippen molar-refractivity contribution in [1.82, 2.24) is 24.9 Å². The summed E-state index contributed by atoms with van der Waals surface area (Å²) in [6, 6.07) is 0. The zero-order valence-corrected chi connectivity index (χ0v) is 23.6. The quantitative estimate of drug-likeness (QED) is 0.178. The van der Waals surface area contributed by atoms with Gasteiger partial charge < -0.3 is 35.0 Å². The molecule has 5 rings (SSSR count). The van der Waals surface area contributed by atoms with Gasteiger partial charge >= 0.3 is 17.9 Å². The van der Waals surface area contributed by atoms with Crippen molar-refractivity contribution in [3.63, 3.8) is 0 Å². The zero-order chi connectivity index (χ0) is 29.4. The molecule has 0 aromatic carbocycles. The number of carbonyl (C=O) groups excluding carboxylic acids is 3. The fourth-order valence-corrected chi connectivity index (χ4v) is 5.54. The minimum Gasteiger partial charge on any atom is -0.480 e. The maximum Gasteiger partial charge on any atom is 0.320 e. The topological polar surface area (TPSA) is 159 Å². The molecular weight excluding hydrogens is 522 g/mol.